The van der Waals surface area contributed by atoms with Crippen molar-refractivity contribution in [2.75, 3.05) is 5.73 Å². The van der Waals surface area contributed by atoms with Gasteiger partial charge in [-0.05, 0) is 26.7 Å². The summed E-state index contributed by atoms with van der Waals surface area (Å²) in [6, 6.07) is 0. The van der Waals surface area contributed by atoms with Gasteiger partial charge in [0, 0.05) is 19.5 Å². The molecular weight excluding hydrogens is 271 g/mol. The molecule has 0 aromatic carbocycles. The Hall–Kier alpha value is -1.73. The summed E-state index contributed by atoms with van der Waals surface area (Å²) in [6.07, 6.45) is -4.38. The maximum Gasteiger partial charge on any atom is 0.389 e. The molecule has 0 spiro atoms. The number of rotatable bonds is 5. The van der Waals surface area contributed by atoms with Gasteiger partial charge in [-0.25, -0.2) is 9.67 Å². The molecule has 0 amide bonds. The fourth-order valence-corrected chi connectivity index (χ4v) is 2.28. The average Bonchev–Trinajstić information content (AvgIpc) is 2.82. The lowest BCUT2D eigenvalue weighted by atomic mass is 10.2. The van der Waals surface area contributed by atoms with E-state index >= 15 is 0 Å². The molecule has 0 aliphatic heterocycles. The topological polar surface area (TPSA) is 61.7 Å². The molecule has 0 saturated heterocycles. The van der Waals surface area contributed by atoms with Crippen LogP contribution in [-0.2, 0) is 13.1 Å². The molecule has 0 fully saturated rings. The van der Waals surface area contributed by atoms with Crippen molar-refractivity contribution < 1.29 is 13.2 Å². The van der Waals surface area contributed by atoms with Crippen LogP contribution >= 0.6 is 0 Å². The van der Waals surface area contributed by atoms with E-state index < -0.39 is 12.6 Å². The van der Waals surface area contributed by atoms with Crippen LogP contribution in [0.2, 0.25) is 0 Å². The highest BCUT2D eigenvalue weighted by Crippen LogP contribution is 2.24. The molecular formula is C12H18F3N5. The third-order valence-corrected chi connectivity index (χ3v) is 3.22. The lowest BCUT2D eigenvalue weighted by Gasteiger charge is -2.09. The van der Waals surface area contributed by atoms with Crippen LogP contribution in [0.1, 0.15) is 31.9 Å². The summed E-state index contributed by atoms with van der Waals surface area (Å²) in [5.41, 5.74) is 8.14. The Balaban J connectivity index is 2.15. The summed E-state index contributed by atoms with van der Waals surface area (Å²) in [4.78, 5) is 4.24. The number of nitrogens with zero attached hydrogens (tertiary/aromatic N) is 4. The largest absolute Gasteiger partial charge is 0.389 e. The predicted octanol–water partition coefficient (Wildman–Crippen LogP) is 2.88. The SMILES string of the molecule is CCn1nc(C)c2nc(N)n(CCCCC(F)(F)F)c21. The monoisotopic (exact) mass is 289 g/mol. The number of imidazole rings is 1. The smallest absolute Gasteiger partial charge is 0.369 e. The average molecular weight is 289 g/mol. The Morgan fingerprint density at radius 2 is 1.95 bits per heavy atom. The first-order chi connectivity index (χ1) is 9.33. The Morgan fingerprint density at radius 1 is 1.25 bits per heavy atom. The van der Waals surface area contributed by atoms with Gasteiger partial charge in [0.15, 0.2) is 5.65 Å². The molecule has 0 saturated carbocycles. The third-order valence-electron chi connectivity index (χ3n) is 3.22. The van der Waals surface area contributed by atoms with Gasteiger partial charge in [0.1, 0.15) is 5.52 Å². The number of alkyl halides is 3. The van der Waals surface area contributed by atoms with Crippen molar-refractivity contribution in [3.8, 4) is 0 Å². The molecule has 2 heterocycles. The lowest BCUT2D eigenvalue weighted by Crippen LogP contribution is -2.10. The molecule has 2 rings (SSSR count). The van der Waals surface area contributed by atoms with Gasteiger partial charge in [-0.2, -0.15) is 18.3 Å². The van der Waals surface area contributed by atoms with Crippen LogP contribution in [-0.4, -0.2) is 25.5 Å². The zero-order valence-electron chi connectivity index (χ0n) is 11.5. The van der Waals surface area contributed by atoms with Gasteiger partial charge in [-0.3, -0.25) is 4.57 Å². The second-order valence-corrected chi connectivity index (χ2v) is 4.77. The van der Waals surface area contributed by atoms with E-state index in [1.54, 1.807) is 9.25 Å². The van der Waals surface area contributed by atoms with Crippen LogP contribution in [0, 0.1) is 6.92 Å². The second kappa shape index (κ2) is 5.34. The van der Waals surface area contributed by atoms with Crippen LogP contribution in [0.3, 0.4) is 0 Å². The molecule has 112 valence electrons. The number of fused-ring (bicyclic) bond motifs is 1. The molecule has 5 nitrogen and oxygen atoms in total. The molecule has 0 unspecified atom stereocenters. The molecule has 20 heavy (non-hydrogen) atoms. The quantitative estimate of drug-likeness (QED) is 0.861. The van der Waals surface area contributed by atoms with Gasteiger partial charge < -0.3 is 5.73 Å². The van der Waals surface area contributed by atoms with Crippen molar-refractivity contribution in [1.82, 2.24) is 19.3 Å². The minimum Gasteiger partial charge on any atom is -0.369 e. The molecule has 0 aliphatic carbocycles. The number of aryl methyl sites for hydroxylation is 3. The summed E-state index contributed by atoms with van der Waals surface area (Å²) in [5, 5.41) is 4.34. The maximum absolute atomic E-state index is 12.1. The van der Waals surface area contributed by atoms with E-state index in [9.17, 15) is 13.2 Å². The number of anilines is 1. The van der Waals surface area contributed by atoms with E-state index in [1.165, 1.54) is 0 Å². The van der Waals surface area contributed by atoms with Crippen molar-refractivity contribution in [2.24, 2.45) is 0 Å². The Morgan fingerprint density at radius 3 is 2.55 bits per heavy atom. The molecule has 0 radical (unpaired) electrons. The van der Waals surface area contributed by atoms with E-state index in [-0.39, 0.29) is 6.42 Å². The Bertz CT molecular complexity index is 596. The zero-order chi connectivity index (χ0) is 14.9. The molecule has 2 N–H and O–H groups in total. The number of nitrogen functional groups attached to an aromatic ring is 1. The summed E-state index contributed by atoms with van der Waals surface area (Å²) in [5.74, 6) is 0.328. The number of halogens is 3. The van der Waals surface area contributed by atoms with Crippen molar-refractivity contribution in [2.45, 2.75) is 52.4 Å². The van der Waals surface area contributed by atoms with Crippen LogP contribution in [0.15, 0.2) is 0 Å². The van der Waals surface area contributed by atoms with Gasteiger partial charge in [0.05, 0.1) is 5.69 Å². The Labute approximate surface area is 114 Å². The van der Waals surface area contributed by atoms with Crippen LogP contribution in [0.5, 0.6) is 0 Å². The van der Waals surface area contributed by atoms with E-state index in [0.717, 1.165) is 16.9 Å². The number of unbranched alkanes of at least 4 members (excludes halogenated alkanes) is 1. The van der Waals surface area contributed by atoms with E-state index in [2.05, 4.69) is 10.1 Å². The minimum atomic E-state index is -4.10. The second-order valence-electron chi connectivity index (χ2n) is 4.77. The van der Waals surface area contributed by atoms with Gasteiger partial charge in [0.25, 0.3) is 0 Å². The van der Waals surface area contributed by atoms with Gasteiger partial charge in [0.2, 0.25) is 5.95 Å². The highest BCUT2D eigenvalue weighted by molar-refractivity contribution is 5.77. The third kappa shape index (κ3) is 2.88. The minimum absolute atomic E-state index is 0.0852. The van der Waals surface area contributed by atoms with Crippen molar-refractivity contribution in [1.29, 1.82) is 0 Å². The summed E-state index contributed by atoms with van der Waals surface area (Å²) < 4.78 is 39.9. The normalized spacial score (nSPS) is 12.4. The Kier molecular flexibility index (Phi) is 3.92. The number of hydrogen-bond donors (Lipinski definition) is 1. The van der Waals surface area contributed by atoms with Crippen molar-refractivity contribution in [3.05, 3.63) is 5.69 Å². The van der Waals surface area contributed by atoms with Gasteiger partial charge in [-0.15, -0.1) is 0 Å². The maximum atomic E-state index is 12.1. The van der Waals surface area contributed by atoms with Crippen LogP contribution in [0.25, 0.3) is 11.2 Å². The first kappa shape index (κ1) is 14.7. The van der Waals surface area contributed by atoms with Gasteiger partial charge in [-0.1, -0.05) is 0 Å². The molecule has 2 aromatic heterocycles. The first-order valence-corrected chi connectivity index (χ1v) is 6.59. The zero-order valence-corrected chi connectivity index (χ0v) is 11.5. The molecule has 0 atom stereocenters. The first-order valence-electron chi connectivity index (χ1n) is 6.59. The van der Waals surface area contributed by atoms with Gasteiger partial charge >= 0.3 is 6.18 Å². The highest BCUT2D eigenvalue weighted by atomic mass is 19.4. The van der Waals surface area contributed by atoms with E-state index in [1.807, 2.05) is 13.8 Å². The molecule has 8 heteroatoms. The summed E-state index contributed by atoms with van der Waals surface area (Å²) in [6.45, 7) is 4.87. The fraction of sp³-hybridized carbons (Fsp3) is 0.667. The van der Waals surface area contributed by atoms with Crippen LogP contribution < -0.4 is 5.73 Å². The fourth-order valence-electron chi connectivity index (χ4n) is 2.28. The summed E-state index contributed by atoms with van der Waals surface area (Å²) >= 11 is 0. The molecule has 0 bridgehead atoms. The number of aromatic nitrogens is 4. The summed E-state index contributed by atoms with van der Waals surface area (Å²) in [7, 11) is 0. The highest BCUT2D eigenvalue weighted by Gasteiger charge is 2.26. The van der Waals surface area contributed by atoms with E-state index in [0.29, 0.717) is 25.5 Å². The standard InChI is InChI=1S/C12H18F3N5/c1-3-20-10-9(8(2)18-20)17-11(16)19(10)7-5-4-6-12(13,14)15/h3-7H2,1-2H3,(H2,16,17). The number of hydrogen-bond acceptors (Lipinski definition) is 3. The number of nitrogens with two attached hydrogens (primary N) is 1. The van der Waals surface area contributed by atoms with Crippen molar-refractivity contribution >= 4 is 17.1 Å². The van der Waals surface area contributed by atoms with Crippen LogP contribution in [0.4, 0.5) is 19.1 Å². The van der Waals surface area contributed by atoms with E-state index in [4.69, 9.17) is 5.73 Å². The molecule has 2 aromatic rings. The van der Waals surface area contributed by atoms with Crippen molar-refractivity contribution in [3.63, 3.8) is 0 Å². The lowest BCUT2D eigenvalue weighted by molar-refractivity contribution is -0.135. The molecule has 0 aliphatic rings. The predicted molar refractivity (Wildman–Crippen MR) is 70.2 cm³/mol.